The standard InChI is InChI=1S/C7H7.C3H7.Al.ClH/c1-7-5-3-2-4-6-7;1-3-2;;/h2-6H,1H2;3H,1-2H3;;1H/q;;+1;/p-1. The van der Waals surface area contributed by atoms with Crippen LogP contribution in [0.2, 0.25) is 4.78 Å². The zero-order valence-corrected chi connectivity index (χ0v) is 9.54. The van der Waals surface area contributed by atoms with E-state index < -0.39 is 13.2 Å². The molecule has 0 aliphatic rings. The Morgan fingerprint density at radius 1 is 1.25 bits per heavy atom. The molecule has 1 rings (SSSR count). The van der Waals surface area contributed by atoms with Crippen LogP contribution in [0.5, 0.6) is 0 Å². The van der Waals surface area contributed by atoms with Gasteiger partial charge < -0.3 is 0 Å². The molecule has 0 fully saturated rings. The SMILES string of the molecule is C[CH](C)[Al]([Cl])[CH2]c1ccccc1. The quantitative estimate of drug-likeness (QED) is 0.650. The summed E-state index contributed by atoms with van der Waals surface area (Å²) in [7, 11) is 6.29. The molecule has 0 radical (unpaired) electrons. The fourth-order valence-corrected chi connectivity index (χ4v) is 2.80. The summed E-state index contributed by atoms with van der Waals surface area (Å²) in [5.74, 6) is 0. The van der Waals surface area contributed by atoms with Crippen molar-refractivity contribution in [2.24, 2.45) is 0 Å². The Kier molecular flexibility index (Phi) is 4.15. The topological polar surface area (TPSA) is 0 Å². The largest absolute Gasteiger partial charge is 0.406 e. The summed E-state index contributed by atoms with van der Waals surface area (Å²) in [6, 6.07) is 10.5. The highest BCUT2D eigenvalue weighted by Crippen LogP contribution is 2.15. The molecule has 64 valence electrons. The summed E-state index contributed by atoms with van der Waals surface area (Å²) in [5.41, 5.74) is 1.39. The molecular formula is C10H14AlCl. The summed E-state index contributed by atoms with van der Waals surface area (Å²) in [4.78, 5) is 0. The van der Waals surface area contributed by atoms with Gasteiger partial charge in [-0.3, -0.25) is 10.0 Å². The average molecular weight is 197 g/mol. The fraction of sp³-hybridized carbons (Fsp3) is 0.400. The Morgan fingerprint density at radius 3 is 2.33 bits per heavy atom. The van der Waals surface area contributed by atoms with Crippen molar-refractivity contribution in [2.75, 3.05) is 0 Å². The fourth-order valence-electron chi connectivity index (χ4n) is 1.07. The van der Waals surface area contributed by atoms with E-state index in [4.69, 9.17) is 10.0 Å². The zero-order chi connectivity index (χ0) is 8.97. The van der Waals surface area contributed by atoms with Gasteiger partial charge in [-0.05, 0) is 0 Å². The molecule has 0 saturated heterocycles. The van der Waals surface area contributed by atoms with Crippen molar-refractivity contribution >= 4 is 23.3 Å². The third kappa shape index (κ3) is 3.19. The van der Waals surface area contributed by atoms with E-state index >= 15 is 0 Å². The van der Waals surface area contributed by atoms with E-state index in [1.54, 1.807) is 0 Å². The van der Waals surface area contributed by atoms with Crippen LogP contribution < -0.4 is 0 Å². The lowest BCUT2D eigenvalue weighted by Crippen LogP contribution is -2.12. The van der Waals surface area contributed by atoms with Gasteiger partial charge in [-0.25, -0.2) is 0 Å². The maximum absolute atomic E-state index is 6.29. The molecule has 0 bridgehead atoms. The maximum atomic E-state index is 6.29. The third-order valence-corrected chi connectivity index (χ3v) is 6.28. The van der Waals surface area contributed by atoms with Crippen molar-refractivity contribution < 1.29 is 0 Å². The first-order valence-electron chi connectivity index (χ1n) is 4.38. The maximum Gasteiger partial charge on any atom is 0.406 e. The van der Waals surface area contributed by atoms with Gasteiger partial charge in [0.2, 0.25) is 0 Å². The van der Waals surface area contributed by atoms with Crippen LogP contribution in [-0.2, 0) is 5.28 Å². The number of rotatable bonds is 3. The highest BCUT2D eigenvalue weighted by atomic mass is 35.6. The summed E-state index contributed by atoms with van der Waals surface area (Å²) in [6.07, 6.45) is 0. The summed E-state index contributed by atoms with van der Waals surface area (Å²) >= 11 is -1.03. The molecular weight excluding hydrogens is 183 g/mol. The number of halogens is 1. The van der Waals surface area contributed by atoms with Crippen molar-refractivity contribution in [3.8, 4) is 0 Å². The first kappa shape index (κ1) is 10.1. The zero-order valence-electron chi connectivity index (χ0n) is 7.63. The lowest BCUT2D eigenvalue weighted by atomic mass is 10.2. The average Bonchev–Trinajstić information content (AvgIpc) is 2.06. The summed E-state index contributed by atoms with van der Waals surface area (Å²) < 4.78 is 0.687. The van der Waals surface area contributed by atoms with Crippen molar-refractivity contribution in [1.29, 1.82) is 0 Å². The Bertz CT molecular complexity index is 221. The monoisotopic (exact) mass is 196 g/mol. The second kappa shape index (κ2) is 4.92. The molecule has 0 aliphatic heterocycles. The second-order valence-electron chi connectivity index (χ2n) is 3.45. The molecule has 0 saturated carbocycles. The number of hydrogen-bond acceptors (Lipinski definition) is 0. The molecule has 0 N–H and O–H groups in total. The van der Waals surface area contributed by atoms with Gasteiger partial charge in [-0.2, -0.15) is 0 Å². The van der Waals surface area contributed by atoms with Crippen LogP contribution in [0.15, 0.2) is 30.3 Å². The van der Waals surface area contributed by atoms with Gasteiger partial charge in [0.05, 0.1) is 0 Å². The molecule has 2 heteroatoms. The Balaban J connectivity index is 2.53. The Labute approximate surface area is 83.2 Å². The van der Waals surface area contributed by atoms with Crippen LogP contribution in [0.3, 0.4) is 0 Å². The van der Waals surface area contributed by atoms with Gasteiger partial charge in [-0.15, -0.1) is 0 Å². The highest BCUT2D eigenvalue weighted by molar-refractivity contribution is 7.07. The van der Waals surface area contributed by atoms with Gasteiger partial charge in [-0.1, -0.05) is 59.8 Å². The van der Waals surface area contributed by atoms with Crippen molar-refractivity contribution in [1.82, 2.24) is 0 Å². The second-order valence-corrected chi connectivity index (χ2v) is 7.91. The Morgan fingerprint density at radius 2 is 1.83 bits per heavy atom. The minimum atomic E-state index is -1.03. The molecule has 1 aromatic carbocycles. The van der Waals surface area contributed by atoms with Gasteiger partial charge in [0.15, 0.2) is 0 Å². The van der Waals surface area contributed by atoms with E-state index in [0.29, 0.717) is 4.78 Å². The van der Waals surface area contributed by atoms with Crippen molar-refractivity contribution in [3.05, 3.63) is 35.9 Å². The van der Waals surface area contributed by atoms with Crippen LogP contribution in [0.1, 0.15) is 19.4 Å². The molecule has 1 aromatic rings. The van der Waals surface area contributed by atoms with E-state index in [2.05, 4.69) is 38.1 Å². The first-order valence-corrected chi connectivity index (χ1v) is 7.61. The number of benzene rings is 1. The molecule has 0 aromatic heterocycles. The van der Waals surface area contributed by atoms with E-state index in [1.807, 2.05) is 6.07 Å². The van der Waals surface area contributed by atoms with Crippen LogP contribution in [0.4, 0.5) is 0 Å². The smallest absolute Gasteiger partial charge is 0.260 e. The minimum absolute atomic E-state index is 0.687. The first-order chi connectivity index (χ1) is 5.70. The Hall–Kier alpha value is 0.0425. The van der Waals surface area contributed by atoms with Crippen molar-refractivity contribution in [2.45, 2.75) is 23.9 Å². The van der Waals surface area contributed by atoms with Gasteiger partial charge >= 0.3 is 13.2 Å². The molecule has 0 atom stereocenters. The van der Waals surface area contributed by atoms with Gasteiger partial charge in [0.25, 0.3) is 0 Å². The van der Waals surface area contributed by atoms with Gasteiger partial charge in [0, 0.05) is 0 Å². The molecule has 0 spiro atoms. The molecule has 0 aliphatic carbocycles. The predicted molar refractivity (Wildman–Crippen MR) is 56.9 cm³/mol. The normalized spacial score (nSPS) is 10.3. The molecule has 0 unspecified atom stereocenters. The summed E-state index contributed by atoms with van der Waals surface area (Å²) in [5, 5.41) is 1.11. The molecule has 0 heterocycles. The van der Waals surface area contributed by atoms with Crippen LogP contribution >= 0.6 is 10.0 Å². The van der Waals surface area contributed by atoms with E-state index in [0.717, 1.165) is 5.28 Å². The predicted octanol–water partition coefficient (Wildman–Crippen LogP) is 3.41. The molecule has 0 nitrogen and oxygen atoms in total. The van der Waals surface area contributed by atoms with Gasteiger partial charge in [0.1, 0.15) is 0 Å². The van der Waals surface area contributed by atoms with E-state index in [9.17, 15) is 0 Å². The lowest BCUT2D eigenvalue weighted by Gasteiger charge is -2.06. The number of hydrogen-bond donors (Lipinski definition) is 0. The van der Waals surface area contributed by atoms with Crippen LogP contribution in [-0.4, -0.2) is 13.2 Å². The molecule has 0 amide bonds. The van der Waals surface area contributed by atoms with E-state index in [1.165, 1.54) is 5.56 Å². The summed E-state index contributed by atoms with van der Waals surface area (Å²) in [6.45, 7) is 4.43. The highest BCUT2D eigenvalue weighted by Gasteiger charge is 2.19. The minimum Gasteiger partial charge on any atom is -0.260 e. The van der Waals surface area contributed by atoms with Crippen LogP contribution in [0, 0.1) is 0 Å². The molecule has 12 heavy (non-hydrogen) atoms. The van der Waals surface area contributed by atoms with Crippen molar-refractivity contribution in [3.63, 3.8) is 0 Å². The van der Waals surface area contributed by atoms with E-state index in [-0.39, 0.29) is 0 Å². The lowest BCUT2D eigenvalue weighted by molar-refractivity contribution is 1.04. The third-order valence-electron chi connectivity index (χ3n) is 2.00. The van der Waals surface area contributed by atoms with Crippen LogP contribution in [0.25, 0.3) is 0 Å².